The predicted octanol–water partition coefficient (Wildman–Crippen LogP) is 21.6. The Balaban J connectivity index is 5.29. The molecule has 552 valence electrons. The second-order valence-electron chi connectivity index (χ2n) is 26.0. The molecule has 0 aromatic heterocycles. The molecule has 17 nitrogen and oxygen atoms in total. The van der Waals surface area contributed by atoms with E-state index in [4.69, 9.17) is 37.0 Å². The maximum atomic E-state index is 13.1. The summed E-state index contributed by atoms with van der Waals surface area (Å²) in [5.41, 5.74) is 0. The van der Waals surface area contributed by atoms with Crippen LogP contribution in [0.2, 0.25) is 0 Å². The van der Waals surface area contributed by atoms with Crippen LogP contribution in [-0.4, -0.2) is 96.7 Å². The molecule has 94 heavy (non-hydrogen) atoms. The highest BCUT2D eigenvalue weighted by Crippen LogP contribution is 2.45. The molecule has 19 heteroatoms. The quantitative estimate of drug-likeness (QED) is 0.0169. The van der Waals surface area contributed by atoms with Gasteiger partial charge in [0.2, 0.25) is 0 Å². The van der Waals surface area contributed by atoms with Crippen LogP contribution in [0.5, 0.6) is 0 Å². The van der Waals surface area contributed by atoms with Gasteiger partial charge in [-0.3, -0.25) is 37.3 Å². The molecule has 0 saturated heterocycles. The molecule has 0 heterocycles. The summed E-state index contributed by atoms with van der Waals surface area (Å²) in [7, 11) is -9.93. The van der Waals surface area contributed by atoms with Gasteiger partial charge in [0.25, 0.3) is 0 Å². The van der Waals surface area contributed by atoms with Gasteiger partial charge >= 0.3 is 39.5 Å². The van der Waals surface area contributed by atoms with Crippen LogP contribution in [0.15, 0.2) is 36.5 Å². The summed E-state index contributed by atoms with van der Waals surface area (Å²) in [5, 5.41) is 10.6. The van der Waals surface area contributed by atoms with Gasteiger partial charge in [-0.15, -0.1) is 0 Å². The normalized spacial score (nSPS) is 14.2. The van der Waals surface area contributed by atoms with Crippen molar-refractivity contribution in [2.45, 2.75) is 380 Å². The van der Waals surface area contributed by atoms with E-state index in [9.17, 15) is 43.2 Å². The zero-order valence-corrected chi connectivity index (χ0v) is 61.9. The third kappa shape index (κ3) is 67.8. The zero-order valence-electron chi connectivity index (χ0n) is 60.2. The van der Waals surface area contributed by atoms with Crippen molar-refractivity contribution in [2.24, 2.45) is 0 Å². The molecular formula is C75H140O17P2. The van der Waals surface area contributed by atoms with E-state index in [1.807, 2.05) is 0 Å². The molecule has 3 N–H and O–H groups in total. The number of hydrogen-bond donors (Lipinski definition) is 3. The van der Waals surface area contributed by atoms with Crippen LogP contribution < -0.4 is 0 Å². The number of ether oxygens (including phenoxy) is 4. The standard InChI is InChI=1S/C75H140O17P2/c1-5-9-13-17-21-25-29-33-34-38-40-44-48-52-56-60-73(78)86-66-71(92-75(80)62-58-54-50-46-42-37-32-28-24-20-16-12-8-4)68-90-94(83,84)88-64-69(76)63-87-93(81,82)89-67-70(91-74(79)61-57-53-49-45-41-36-31-27-23-19-15-11-7-3)65-85-72(77)59-55-51-47-43-39-35-30-26-22-18-14-10-6-2/h16,20,26,28,30,32,69-71,76H,5-15,17-19,21-25,27,29,31,33-68H2,1-4H3,(H,81,82)(H,83,84)/b20-16-,30-26-,32-28-. The van der Waals surface area contributed by atoms with E-state index >= 15 is 0 Å². The number of aliphatic hydroxyl groups excluding tert-OH is 1. The molecule has 5 atom stereocenters. The van der Waals surface area contributed by atoms with Crippen molar-refractivity contribution in [1.29, 1.82) is 0 Å². The number of carbonyl (C=O) groups is 4. The van der Waals surface area contributed by atoms with Crippen molar-refractivity contribution >= 4 is 39.5 Å². The van der Waals surface area contributed by atoms with Crippen molar-refractivity contribution in [1.82, 2.24) is 0 Å². The molecule has 0 amide bonds. The number of rotatable bonds is 73. The number of allylic oxidation sites excluding steroid dienone is 6. The maximum Gasteiger partial charge on any atom is 0.472 e. The van der Waals surface area contributed by atoms with Gasteiger partial charge in [-0.05, 0) is 77.0 Å². The van der Waals surface area contributed by atoms with Crippen molar-refractivity contribution in [3.05, 3.63) is 36.5 Å². The molecule has 0 radical (unpaired) electrons. The molecular weight excluding hydrogens is 1230 g/mol. The fraction of sp³-hybridized carbons (Fsp3) is 0.867. The lowest BCUT2D eigenvalue weighted by molar-refractivity contribution is -0.161. The molecule has 0 aliphatic rings. The summed E-state index contributed by atoms with van der Waals surface area (Å²) in [4.78, 5) is 72.7. The van der Waals surface area contributed by atoms with Gasteiger partial charge in [0, 0.05) is 25.7 Å². The van der Waals surface area contributed by atoms with E-state index in [0.717, 1.165) is 135 Å². The number of unbranched alkanes of at least 4 members (excludes halogenated alkanes) is 41. The minimum Gasteiger partial charge on any atom is -0.462 e. The van der Waals surface area contributed by atoms with Crippen LogP contribution in [0.1, 0.15) is 362 Å². The molecule has 5 unspecified atom stereocenters. The van der Waals surface area contributed by atoms with Gasteiger partial charge in [-0.2, -0.15) is 0 Å². The Hall–Kier alpha value is -2.72. The van der Waals surface area contributed by atoms with Crippen molar-refractivity contribution in [2.75, 3.05) is 39.6 Å². The highest BCUT2D eigenvalue weighted by molar-refractivity contribution is 7.47. The van der Waals surface area contributed by atoms with Gasteiger partial charge in [-0.25, -0.2) is 9.13 Å². The number of esters is 4. The number of phosphoric acid groups is 2. The molecule has 0 aliphatic carbocycles. The monoisotopic (exact) mass is 1370 g/mol. The van der Waals surface area contributed by atoms with Gasteiger partial charge in [-0.1, -0.05) is 295 Å². The third-order valence-electron chi connectivity index (χ3n) is 16.6. The van der Waals surface area contributed by atoms with E-state index in [1.54, 1.807) is 0 Å². The lowest BCUT2D eigenvalue weighted by Gasteiger charge is -2.21. The van der Waals surface area contributed by atoms with Crippen LogP contribution in [-0.2, 0) is 65.4 Å². The molecule has 0 spiro atoms. The zero-order chi connectivity index (χ0) is 69.0. The highest BCUT2D eigenvalue weighted by Gasteiger charge is 2.30. The van der Waals surface area contributed by atoms with Crippen LogP contribution in [0.4, 0.5) is 0 Å². The second kappa shape index (κ2) is 68.8. The van der Waals surface area contributed by atoms with Gasteiger partial charge in [0.05, 0.1) is 26.4 Å². The highest BCUT2D eigenvalue weighted by atomic mass is 31.2. The summed E-state index contributed by atoms with van der Waals surface area (Å²) in [5.74, 6) is -2.16. The summed E-state index contributed by atoms with van der Waals surface area (Å²) in [6, 6.07) is 0. The smallest absolute Gasteiger partial charge is 0.462 e. The number of hydrogen-bond acceptors (Lipinski definition) is 15. The summed E-state index contributed by atoms with van der Waals surface area (Å²) in [6.45, 7) is 4.84. The van der Waals surface area contributed by atoms with Gasteiger partial charge < -0.3 is 33.8 Å². The third-order valence-corrected chi connectivity index (χ3v) is 18.5. The first kappa shape index (κ1) is 91.3. The average molecular weight is 1380 g/mol. The minimum atomic E-state index is -4.96. The van der Waals surface area contributed by atoms with E-state index in [0.29, 0.717) is 25.7 Å². The molecule has 0 aliphatic heterocycles. The Kier molecular flexibility index (Phi) is 66.8. The summed E-state index contributed by atoms with van der Waals surface area (Å²) in [6.07, 6.45) is 62.7. The van der Waals surface area contributed by atoms with E-state index in [-0.39, 0.29) is 25.7 Å². The van der Waals surface area contributed by atoms with Crippen LogP contribution >= 0.6 is 15.6 Å². The van der Waals surface area contributed by atoms with Crippen LogP contribution in [0.25, 0.3) is 0 Å². The fourth-order valence-corrected chi connectivity index (χ4v) is 12.3. The van der Waals surface area contributed by atoms with E-state index in [1.165, 1.54) is 148 Å². The molecule has 0 bridgehead atoms. The van der Waals surface area contributed by atoms with E-state index < -0.39 is 97.5 Å². The summed E-state index contributed by atoms with van der Waals surface area (Å²) >= 11 is 0. The first-order valence-electron chi connectivity index (χ1n) is 38.2. The van der Waals surface area contributed by atoms with Crippen LogP contribution in [0.3, 0.4) is 0 Å². The van der Waals surface area contributed by atoms with E-state index in [2.05, 4.69) is 64.2 Å². The Morgan fingerprint density at radius 2 is 0.543 bits per heavy atom. The molecule has 0 aromatic carbocycles. The molecule has 0 fully saturated rings. The Morgan fingerprint density at radius 3 is 0.851 bits per heavy atom. The Bertz CT molecular complexity index is 1930. The molecule has 0 aromatic rings. The average Bonchev–Trinajstić information content (AvgIpc) is 1.63. The minimum absolute atomic E-state index is 0.0858. The SMILES string of the molecule is CCC/C=C\C/C=C\CCCCCCCC(=O)OC(COC(=O)CCCCCCCCCCCCCCCCC)COP(=O)(O)OCC(O)COP(=O)(O)OCC(COC(=O)CCCCCCC/C=C\CCCCCC)OC(=O)CCCCCCCCCCCCCCC. The fourth-order valence-electron chi connectivity index (χ4n) is 10.7. The first-order chi connectivity index (χ1) is 45.7. The topological polar surface area (TPSA) is 237 Å². The number of aliphatic hydroxyl groups is 1. The van der Waals surface area contributed by atoms with Crippen molar-refractivity contribution < 1.29 is 80.2 Å². The van der Waals surface area contributed by atoms with Crippen LogP contribution in [0, 0.1) is 0 Å². The maximum absolute atomic E-state index is 13.1. The number of carbonyl (C=O) groups excluding carboxylic acids is 4. The molecule has 0 saturated carbocycles. The largest absolute Gasteiger partial charge is 0.472 e. The Labute approximate surface area is 573 Å². The van der Waals surface area contributed by atoms with Gasteiger partial charge in [0.15, 0.2) is 12.2 Å². The second-order valence-corrected chi connectivity index (χ2v) is 28.9. The lowest BCUT2D eigenvalue weighted by atomic mass is 10.0. The summed E-state index contributed by atoms with van der Waals surface area (Å²) < 4.78 is 68.4. The predicted molar refractivity (Wildman–Crippen MR) is 381 cm³/mol. The molecule has 0 rings (SSSR count). The van der Waals surface area contributed by atoms with Crippen molar-refractivity contribution in [3.8, 4) is 0 Å². The van der Waals surface area contributed by atoms with Gasteiger partial charge in [0.1, 0.15) is 19.3 Å². The lowest BCUT2D eigenvalue weighted by Crippen LogP contribution is -2.30. The van der Waals surface area contributed by atoms with Crippen molar-refractivity contribution in [3.63, 3.8) is 0 Å². The Morgan fingerprint density at radius 1 is 0.298 bits per heavy atom. The number of phosphoric ester groups is 2. The first-order valence-corrected chi connectivity index (χ1v) is 41.2.